The maximum absolute atomic E-state index is 4.49. The Balaban J connectivity index is 1.56. The van der Waals surface area contributed by atoms with Gasteiger partial charge in [-0.3, -0.25) is 4.57 Å². The van der Waals surface area contributed by atoms with Crippen LogP contribution in [0.5, 0.6) is 0 Å². The number of fused-ring (bicyclic) bond motifs is 3. The Kier molecular flexibility index (Phi) is 3.88. The van der Waals surface area contributed by atoms with Crippen LogP contribution in [-0.2, 0) is 13.0 Å². The zero-order valence-electron chi connectivity index (χ0n) is 15.9. The van der Waals surface area contributed by atoms with Crippen LogP contribution in [0.2, 0.25) is 0 Å². The number of hydrogen-bond donors (Lipinski definition) is 1. The predicted octanol–water partition coefficient (Wildman–Crippen LogP) is 3.63. The van der Waals surface area contributed by atoms with Crippen LogP contribution in [0.15, 0.2) is 42.5 Å². The van der Waals surface area contributed by atoms with Crippen molar-refractivity contribution in [3.63, 3.8) is 0 Å². The fourth-order valence-electron chi connectivity index (χ4n) is 3.95. The van der Waals surface area contributed by atoms with E-state index in [1.165, 1.54) is 35.5 Å². The first-order valence-corrected chi connectivity index (χ1v) is 9.80. The van der Waals surface area contributed by atoms with Crippen LogP contribution in [0.25, 0.3) is 11.4 Å². The number of hydrogen-bond acceptors (Lipinski definition) is 3. The first-order valence-electron chi connectivity index (χ1n) is 9.80. The van der Waals surface area contributed by atoms with E-state index in [1.807, 2.05) is 6.92 Å². The number of allylic oxidation sites excluding steroid dienone is 1. The summed E-state index contributed by atoms with van der Waals surface area (Å²) in [6, 6.07) is 12.9. The third-order valence-corrected chi connectivity index (χ3v) is 5.66. The molecule has 3 heterocycles. The van der Waals surface area contributed by atoms with Gasteiger partial charge in [0.25, 0.3) is 0 Å². The Hall–Kier alpha value is -2.82. The molecule has 1 N–H and O–H groups in total. The van der Waals surface area contributed by atoms with Crippen LogP contribution in [0, 0.1) is 19.8 Å². The molecule has 0 unspecified atom stereocenters. The van der Waals surface area contributed by atoms with Gasteiger partial charge in [0.15, 0.2) is 5.82 Å². The van der Waals surface area contributed by atoms with Crippen molar-refractivity contribution in [3.05, 3.63) is 71.1 Å². The van der Waals surface area contributed by atoms with Crippen molar-refractivity contribution < 1.29 is 0 Å². The van der Waals surface area contributed by atoms with Crippen molar-refractivity contribution in [1.82, 2.24) is 24.6 Å². The number of aryl methyl sites for hydroxylation is 2. The highest BCUT2D eigenvalue weighted by Crippen LogP contribution is 2.31. The molecule has 1 fully saturated rings. The monoisotopic (exact) mass is 359 g/mol. The highest BCUT2D eigenvalue weighted by Gasteiger charge is 2.26. The lowest BCUT2D eigenvalue weighted by Gasteiger charge is -2.12. The third kappa shape index (κ3) is 2.97. The van der Waals surface area contributed by atoms with E-state index in [-0.39, 0.29) is 0 Å². The molecule has 5 rings (SSSR count). The maximum atomic E-state index is 4.49. The number of rotatable bonds is 5. The van der Waals surface area contributed by atoms with E-state index in [0.29, 0.717) is 0 Å². The Bertz CT molecular complexity index is 1010. The van der Waals surface area contributed by atoms with Crippen molar-refractivity contribution >= 4 is 5.70 Å². The van der Waals surface area contributed by atoms with Gasteiger partial charge in [-0.2, -0.15) is 0 Å². The lowest BCUT2D eigenvalue weighted by Crippen LogP contribution is -2.17. The Morgan fingerprint density at radius 1 is 1.11 bits per heavy atom. The van der Waals surface area contributed by atoms with Gasteiger partial charge in [0, 0.05) is 30.9 Å². The van der Waals surface area contributed by atoms with Crippen molar-refractivity contribution in [3.8, 4) is 5.69 Å². The molecule has 2 aliphatic rings. The first kappa shape index (κ1) is 16.4. The van der Waals surface area contributed by atoms with Gasteiger partial charge in [0.2, 0.25) is 0 Å². The lowest BCUT2D eigenvalue weighted by atomic mass is 10.2. The summed E-state index contributed by atoms with van der Waals surface area (Å²) in [5, 5.41) is 12.5. The number of aromatic nitrogens is 4. The highest BCUT2D eigenvalue weighted by molar-refractivity contribution is 5.64. The van der Waals surface area contributed by atoms with E-state index in [4.69, 9.17) is 0 Å². The van der Waals surface area contributed by atoms with Crippen LogP contribution in [0.3, 0.4) is 0 Å². The zero-order chi connectivity index (χ0) is 18.4. The summed E-state index contributed by atoms with van der Waals surface area (Å²) in [5.41, 5.74) is 6.23. The molecule has 1 aliphatic carbocycles. The second-order valence-corrected chi connectivity index (χ2v) is 7.74. The summed E-state index contributed by atoms with van der Waals surface area (Å²) >= 11 is 0. The predicted molar refractivity (Wildman–Crippen MR) is 107 cm³/mol. The molecule has 0 bridgehead atoms. The summed E-state index contributed by atoms with van der Waals surface area (Å²) in [4.78, 5) is 0. The van der Waals surface area contributed by atoms with Crippen LogP contribution >= 0.6 is 0 Å². The molecule has 138 valence electrons. The van der Waals surface area contributed by atoms with E-state index >= 15 is 0 Å². The highest BCUT2D eigenvalue weighted by atomic mass is 15.3. The summed E-state index contributed by atoms with van der Waals surface area (Å²) in [7, 11) is 0. The SMILES string of the molecule is Cc1cc2c(n1Cc1ccccc1)CC=C(NCC1CC1)c1nnc(C)n1-2. The maximum Gasteiger partial charge on any atom is 0.184 e. The van der Waals surface area contributed by atoms with Crippen LogP contribution in [0.1, 0.15) is 41.4 Å². The lowest BCUT2D eigenvalue weighted by molar-refractivity contribution is 0.733. The van der Waals surface area contributed by atoms with Crippen molar-refractivity contribution in [1.29, 1.82) is 0 Å². The largest absolute Gasteiger partial charge is 0.382 e. The van der Waals surface area contributed by atoms with Crippen LogP contribution in [-0.4, -0.2) is 25.9 Å². The Morgan fingerprint density at radius 3 is 2.70 bits per heavy atom. The van der Waals surface area contributed by atoms with Crippen molar-refractivity contribution in [2.45, 2.75) is 39.7 Å². The van der Waals surface area contributed by atoms with Gasteiger partial charge in [0.1, 0.15) is 5.82 Å². The minimum absolute atomic E-state index is 0.822. The molecule has 0 amide bonds. The van der Waals surface area contributed by atoms with Crippen LogP contribution < -0.4 is 5.32 Å². The molecule has 0 radical (unpaired) electrons. The molecule has 1 aliphatic heterocycles. The van der Waals surface area contributed by atoms with Gasteiger partial charge in [-0.25, -0.2) is 0 Å². The summed E-state index contributed by atoms with van der Waals surface area (Å²) < 4.78 is 4.64. The fourth-order valence-corrected chi connectivity index (χ4v) is 3.95. The molecule has 1 aromatic carbocycles. The Labute approximate surface area is 159 Å². The molecule has 3 aromatic rings. The minimum atomic E-state index is 0.822. The average molecular weight is 359 g/mol. The van der Waals surface area contributed by atoms with Gasteiger partial charge in [0.05, 0.1) is 11.4 Å². The van der Waals surface area contributed by atoms with Gasteiger partial charge in [-0.05, 0) is 44.2 Å². The number of nitrogens with one attached hydrogen (secondary N) is 1. The molecule has 27 heavy (non-hydrogen) atoms. The summed E-state index contributed by atoms with van der Waals surface area (Å²) in [5.74, 6) is 2.69. The van der Waals surface area contributed by atoms with Crippen molar-refractivity contribution in [2.75, 3.05) is 6.54 Å². The molecular weight excluding hydrogens is 334 g/mol. The molecule has 5 heteroatoms. The van der Waals surface area contributed by atoms with Crippen molar-refractivity contribution in [2.24, 2.45) is 5.92 Å². The molecule has 0 saturated heterocycles. The fraction of sp³-hybridized carbons (Fsp3) is 0.364. The molecule has 2 aromatic heterocycles. The van der Waals surface area contributed by atoms with E-state index in [9.17, 15) is 0 Å². The molecule has 0 spiro atoms. The topological polar surface area (TPSA) is 47.7 Å². The average Bonchev–Trinajstić information content (AvgIpc) is 3.39. The normalized spacial score (nSPS) is 15.7. The van der Waals surface area contributed by atoms with E-state index in [2.05, 4.69) is 74.0 Å². The minimum Gasteiger partial charge on any atom is -0.382 e. The van der Waals surface area contributed by atoms with E-state index in [0.717, 1.165) is 42.8 Å². The van der Waals surface area contributed by atoms with Gasteiger partial charge in [-0.15, -0.1) is 10.2 Å². The number of benzene rings is 1. The quantitative estimate of drug-likeness (QED) is 0.757. The molecule has 1 saturated carbocycles. The van der Waals surface area contributed by atoms with E-state index in [1.54, 1.807) is 0 Å². The van der Waals surface area contributed by atoms with Gasteiger partial charge >= 0.3 is 0 Å². The summed E-state index contributed by atoms with van der Waals surface area (Å²) in [6.07, 6.45) is 5.86. The third-order valence-electron chi connectivity index (χ3n) is 5.66. The molecule has 5 nitrogen and oxygen atoms in total. The molecule has 0 atom stereocenters. The van der Waals surface area contributed by atoms with Crippen LogP contribution in [0.4, 0.5) is 0 Å². The van der Waals surface area contributed by atoms with Gasteiger partial charge in [-0.1, -0.05) is 36.4 Å². The first-order chi connectivity index (χ1) is 13.2. The second kappa shape index (κ2) is 6.41. The zero-order valence-corrected chi connectivity index (χ0v) is 15.9. The van der Waals surface area contributed by atoms with E-state index < -0.39 is 0 Å². The summed E-state index contributed by atoms with van der Waals surface area (Å²) in [6.45, 7) is 6.14. The molecular formula is C22H25N5. The second-order valence-electron chi connectivity index (χ2n) is 7.74. The smallest absolute Gasteiger partial charge is 0.184 e. The Morgan fingerprint density at radius 2 is 1.93 bits per heavy atom. The number of nitrogens with zero attached hydrogens (tertiary/aromatic N) is 4. The van der Waals surface area contributed by atoms with Gasteiger partial charge < -0.3 is 9.88 Å². The standard InChI is InChI=1S/C22H25N5/c1-15-12-21-20(26(15)14-18-6-4-3-5-7-18)11-10-19(23-13-17-8-9-17)22-25-24-16(2)27(21)22/h3-7,10,12,17,23H,8-9,11,13-14H2,1-2H3.